The van der Waals surface area contributed by atoms with Crippen molar-refractivity contribution in [1.29, 1.82) is 0 Å². The Morgan fingerprint density at radius 3 is 2.91 bits per heavy atom. The number of hydrogen-bond donors (Lipinski definition) is 2. The zero-order chi connectivity index (χ0) is 15.9. The molecule has 1 aromatic heterocycles. The van der Waals surface area contributed by atoms with Gasteiger partial charge in [0.25, 0.3) is 0 Å². The van der Waals surface area contributed by atoms with Crippen LogP contribution in [0.4, 0.5) is 4.79 Å². The molecule has 118 valence electrons. The van der Waals surface area contributed by atoms with Crippen LogP contribution in [0.15, 0.2) is 34.9 Å². The van der Waals surface area contributed by atoms with Crippen LogP contribution in [-0.2, 0) is 6.54 Å². The molecule has 0 saturated carbocycles. The fourth-order valence-corrected chi connectivity index (χ4v) is 1.97. The van der Waals surface area contributed by atoms with E-state index in [1.165, 1.54) is 0 Å². The minimum atomic E-state index is -0.290. The highest BCUT2D eigenvalue weighted by molar-refractivity contribution is 6.30. The number of rotatable bonds is 6. The Morgan fingerprint density at radius 1 is 1.41 bits per heavy atom. The molecular weight excluding hydrogens is 306 g/mol. The number of aryl methyl sites for hydroxylation is 1. The van der Waals surface area contributed by atoms with Crippen molar-refractivity contribution in [1.82, 2.24) is 15.8 Å². The Balaban J connectivity index is 1.69. The summed E-state index contributed by atoms with van der Waals surface area (Å²) in [7, 11) is 0. The zero-order valence-corrected chi connectivity index (χ0v) is 13.2. The fourth-order valence-electron chi connectivity index (χ4n) is 1.79. The van der Waals surface area contributed by atoms with Gasteiger partial charge in [0.15, 0.2) is 0 Å². The third-order valence-corrected chi connectivity index (χ3v) is 3.03. The molecule has 7 heteroatoms. The molecule has 0 bridgehead atoms. The molecule has 0 aliphatic heterocycles. The van der Waals surface area contributed by atoms with Crippen LogP contribution in [0.25, 0.3) is 0 Å². The molecular formula is C15H18ClN3O3. The molecule has 0 saturated heterocycles. The van der Waals surface area contributed by atoms with Crippen LogP contribution in [-0.4, -0.2) is 23.8 Å². The second-order valence-electron chi connectivity index (χ2n) is 4.88. The van der Waals surface area contributed by atoms with E-state index in [0.717, 1.165) is 0 Å². The number of urea groups is 1. The lowest BCUT2D eigenvalue weighted by Gasteiger charge is -2.15. The molecule has 0 aliphatic carbocycles. The van der Waals surface area contributed by atoms with E-state index in [0.29, 0.717) is 35.3 Å². The predicted molar refractivity (Wildman–Crippen MR) is 83.0 cm³/mol. The lowest BCUT2D eigenvalue weighted by atomic mass is 10.3. The summed E-state index contributed by atoms with van der Waals surface area (Å²) in [6.07, 6.45) is -0.182. The summed E-state index contributed by atoms with van der Waals surface area (Å²) in [5.41, 5.74) is 0.677. The Kier molecular flexibility index (Phi) is 5.66. The number of hydrogen-bond acceptors (Lipinski definition) is 4. The van der Waals surface area contributed by atoms with Crippen molar-refractivity contribution < 1.29 is 14.1 Å². The maximum absolute atomic E-state index is 11.7. The van der Waals surface area contributed by atoms with Crippen LogP contribution < -0.4 is 15.4 Å². The molecule has 2 amide bonds. The summed E-state index contributed by atoms with van der Waals surface area (Å²) in [6.45, 7) is 4.34. The van der Waals surface area contributed by atoms with E-state index in [-0.39, 0.29) is 12.1 Å². The number of halogens is 1. The fraction of sp³-hybridized carbons (Fsp3) is 0.333. The third kappa shape index (κ3) is 5.29. The first kappa shape index (κ1) is 16.2. The number of ether oxygens (including phenoxy) is 1. The highest BCUT2D eigenvalue weighted by Crippen LogP contribution is 2.18. The lowest BCUT2D eigenvalue weighted by molar-refractivity contribution is 0.207. The lowest BCUT2D eigenvalue weighted by Crippen LogP contribution is -2.40. The van der Waals surface area contributed by atoms with Crippen LogP contribution >= 0.6 is 11.6 Å². The second-order valence-corrected chi connectivity index (χ2v) is 5.31. The number of benzene rings is 1. The van der Waals surface area contributed by atoms with Gasteiger partial charge in [-0.25, -0.2) is 4.79 Å². The second kappa shape index (κ2) is 7.70. The summed E-state index contributed by atoms with van der Waals surface area (Å²) >= 11 is 5.88. The van der Waals surface area contributed by atoms with Crippen LogP contribution in [0.2, 0.25) is 5.02 Å². The molecule has 0 radical (unpaired) electrons. The number of nitrogens with zero attached hydrogens (tertiary/aromatic N) is 1. The van der Waals surface area contributed by atoms with E-state index in [1.54, 1.807) is 25.1 Å². The molecule has 2 aromatic rings. The average Bonchev–Trinajstić information content (AvgIpc) is 2.89. The highest BCUT2D eigenvalue weighted by atomic mass is 35.5. The Bertz CT molecular complexity index is 630. The molecule has 2 rings (SSSR count). The summed E-state index contributed by atoms with van der Waals surface area (Å²) < 4.78 is 10.6. The van der Waals surface area contributed by atoms with Gasteiger partial charge in [0.2, 0.25) is 0 Å². The van der Waals surface area contributed by atoms with Crippen molar-refractivity contribution >= 4 is 17.6 Å². The largest absolute Gasteiger partial charge is 0.489 e. The molecule has 6 nitrogen and oxygen atoms in total. The first-order chi connectivity index (χ1) is 10.5. The van der Waals surface area contributed by atoms with Gasteiger partial charge in [-0.15, -0.1) is 0 Å². The van der Waals surface area contributed by atoms with Crippen LogP contribution in [0.3, 0.4) is 0 Å². The predicted octanol–water partition coefficient (Wildman–Crippen LogP) is 2.90. The smallest absolute Gasteiger partial charge is 0.315 e. The summed E-state index contributed by atoms with van der Waals surface area (Å²) in [4.78, 5) is 11.7. The average molecular weight is 324 g/mol. The first-order valence-electron chi connectivity index (χ1n) is 6.89. The molecule has 2 N–H and O–H groups in total. The van der Waals surface area contributed by atoms with Crippen molar-refractivity contribution in [2.24, 2.45) is 0 Å². The quantitative estimate of drug-likeness (QED) is 0.857. The van der Waals surface area contributed by atoms with Gasteiger partial charge >= 0.3 is 6.03 Å². The Morgan fingerprint density at radius 2 is 2.23 bits per heavy atom. The molecule has 0 unspecified atom stereocenters. The Labute approximate surface area is 133 Å². The third-order valence-electron chi connectivity index (χ3n) is 2.79. The molecule has 22 heavy (non-hydrogen) atoms. The standard InChI is InChI=1S/C15H18ClN3O3/c1-10-6-13(19-22-10)9-18-15(20)17-8-11(2)21-14-5-3-4-12(16)7-14/h3-7,11H,8-9H2,1-2H3,(H2,17,18,20)/t11-/m1/s1. The van der Waals surface area contributed by atoms with Crippen LogP contribution in [0.5, 0.6) is 5.75 Å². The van der Waals surface area contributed by atoms with Gasteiger partial charge in [0.1, 0.15) is 23.3 Å². The van der Waals surface area contributed by atoms with E-state index in [1.807, 2.05) is 19.1 Å². The maximum Gasteiger partial charge on any atom is 0.315 e. The van der Waals surface area contributed by atoms with Crippen molar-refractivity contribution in [3.63, 3.8) is 0 Å². The van der Waals surface area contributed by atoms with E-state index in [2.05, 4.69) is 15.8 Å². The summed E-state index contributed by atoms with van der Waals surface area (Å²) in [6, 6.07) is 8.61. The maximum atomic E-state index is 11.7. The minimum absolute atomic E-state index is 0.182. The van der Waals surface area contributed by atoms with Gasteiger partial charge in [-0.1, -0.05) is 22.8 Å². The van der Waals surface area contributed by atoms with E-state index < -0.39 is 0 Å². The molecule has 1 atom stereocenters. The van der Waals surface area contributed by atoms with Gasteiger partial charge in [0, 0.05) is 11.1 Å². The number of amides is 2. The normalized spacial score (nSPS) is 11.8. The van der Waals surface area contributed by atoms with Crippen molar-refractivity contribution in [2.75, 3.05) is 6.54 Å². The van der Waals surface area contributed by atoms with Gasteiger partial charge in [-0.05, 0) is 32.0 Å². The van der Waals surface area contributed by atoms with Gasteiger partial charge < -0.3 is 19.9 Å². The van der Waals surface area contributed by atoms with E-state index in [4.69, 9.17) is 20.9 Å². The molecule has 0 spiro atoms. The van der Waals surface area contributed by atoms with Gasteiger partial charge in [0.05, 0.1) is 13.1 Å². The number of carbonyl (C=O) groups is 1. The zero-order valence-electron chi connectivity index (χ0n) is 12.4. The van der Waals surface area contributed by atoms with Crippen molar-refractivity contribution in [3.05, 3.63) is 46.8 Å². The molecule has 1 aromatic carbocycles. The van der Waals surface area contributed by atoms with Crippen LogP contribution in [0.1, 0.15) is 18.4 Å². The number of nitrogens with one attached hydrogen (secondary N) is 2. The van der Waals surface area contributed by atoms with Gasteiger partial charge in [-0.2, -0.15) is 0 Å². The SMILES string of the molecule is Cc1cc(CNC(=O)NC[C@@H](C)Oc2cccc(Cl)c2)no1. The first-order valence-corrected chi connectivity index (χ1v) is 7.27. The Hall–Kier alpha value is -2.21. The molecule has 1 heterocycles. The van der Waals surface area contributed by atoms with Crippen molar-refractivity contribution in [2.45, 2.75) is 26.5 Å². The molecule has 0 fully saturated rings. The molecule has 0 aliphatic rings. The number of carbonyl (C=O) groups excluding carboxylic acids is 1. The highest BCUT2D eigenvalue weighted by Gasteiger charge is 2.08. The number of aromatic nitrogens is 1. The van der Waals surface area contributed by atoms with E-state index >= 15 is 0 Å². The monoisotopic (exact) mass is 323 g/mol. The minimum Gasteiger partial charge on any atom is -0.489 e. The topological polar surface area (TPSA) is 76.4 Å². The van der Waals surface area contributed by atoms with Crippen molar-refractivity contribution in [3.8, 4) is 5.75 Å². The summed E-state index contributed by atoms with van der Waals surface area (Å²) in [5.74, 6) is 1.38. The van der Waals surface area contributed by atoms with Gasteiger partial charge in [-0.3, -0.25) is 0 Å². The van der Waals surface area contributed by atoms with Crippen LogP contribution in [0, 0.1) is 6.92 Å². The summed E-state index contributed by atoms with van der Waals surface area (Å²) in [5, 5.41) is 9.82. The van der Waals surface area contributed by atoms with E-state index in [9.17, 15) is 4.79 Å².